The molecule has 5 nitrogen and oxygen atoms in total. The molecule has 0 bridgehead atoms. The van der Waals surface area contributed by atoms with Crippen molar-refractivity contribution in [2.24, 2.45) is 0 Å². The molecule has 0 atom stereocenters. The summed E-state index contributed by atoms with van der Waals surface area (Å²) in [5.41, 5.74) is 3.17. The molecule has 2 aromatic carbocycles. The van der Waals surface area contributed by atoms with Gasteiger partial charge < -0.3 is 4.74 Å². The standard InChI is InChI=1S/C18H16N4OS/c1-3-23-15-11-7-6-10-14(15)17-21-22-16(19-20-18(22)24-17)13-9-5-4-8-12(13)2/h4-11H,3H2,1-2H3. The molecule has 4 rings (SSSR count). The van der Waals surface area contributed by atoms with Gasteiger partial charge in [0.1, 0.15) is 5.75 Å². The molecule has 24 heavy (non-hydrogen) atoms. The number of aromatic nitrogens is 4. The van der Waals surface area contributed by atoms with E-state index in [0.717, 1.165) is 38.2 Å². The van der Waals surface area contributed by atoms with Crippen molar-refractivity contribution in [1.29, 1.82) is 0 Å². The molecule has 6 heteroatoms. The topological polar surface area (TPSA) is 52.3 Å². The predicted octanol–water partition coefficient (Wildman–Crippen LogP) is 4.23. The lowest BCUT2D eigenvalue weighted by molar-refractivity contribution is 0.341. The summed E-state index contributed by atoms with van der Waals surface area (Å²) in [5, 5.41) is 14.2. The van der Waals surface area contributed by atoms with Crippen molar-refractivity contribution in [3.05, 3.63) is 54.1 Å². The van der Waals surface area contributed by atoms with Gasteiger partial charge in [-0.1, -0.05) is 47.7 Å². The summed E-state index contributed by atoms with van der Waals surface area (Å²) in [6.45, 7) is 4.66. The molecule has 0 unspecified atom stereocenters. The number of aryl methyl sites for hydroxylation is 1. The molecule has 0 amide bonds. The largest absolute Gasteiger partial charge is 0.493 e. The molecule has 120 valence electrons. The van der Waals surface area contributed by atoms with Crippen LogP contribution in [0.2, 0.25) is 0 Å². The SMILES string of the molecule is CCOc1ccccc1-c1nn2c(-c3ccccc3C)nnc2s1. The van der Waals surface area contributed by atoms with Gasteiger partial charge in [0.25, 0.3) is 0 Å². The lowest BCUT2D eigenvalue weighted by Gasteiger charge is -2.06. The van der Waals surface area contributed by atoms with E-state index in [-0.39, 0.29) is 0 Å². The van der Waals surface area contributed by atoms with Crippen LogP contribution in [0, 0.1) is 6.92 Å². The van der Waals surface area contributed by atoms with Gasteiger partial charge in [0.2, 0.25) is 4.96 Å². The molecular weight excluding hydrogens is 320 g/mol. The highest BCUT2D eigenvalue weighted by Gasteiger charge is 2.17. The highest BCUT2D eigenvalue weighted by molar-refractivity contribution is 7.19. The van der Waals surface area contributed by atoms with Crippen LogP contribution in [0.25, 0.3) is 26.9 Å². The maximum absolute atomic E-state index is 5.72. The molecular formula is C18H16N4OS. The Morgan fingerprint density at radius 2 is 1.75 bits per heavy atom. The van der Waals surface area contributed by atoms with Crippen LogP contribution >= 0.6 is 11.3 Å². The first kappa shape index (κ1) is 14.8. The first-order chi connectivity index (χ1) is 11.8. The van der Waals surface area contributed by atoms with Gasteiger partial charge in [-0.3, -0.25) is 0 Å². The van der Waals surface area contributed by atoms with Crippen LogP contribution in [-0.4, -0.2) is 26.4 Å². The summed E-state index contributed by atoms with van der Waals surface area (Å²) in [4.78, 5) is 0.773. The number of ether oxygens (including phenoxy) is 1. The maximum Gasteiger partial charge on any atom is 0.235 e. The van der Waals surface area contributed by atoms with E-state index in [4.69, 9.17) is 9.84 Å². The summed E-state index contributed by atoms with van der Waals surface area (Å²) in [7, 11) is 0. The van der Waals surface area contributed by atoms with Crippen molar-refractivity contribution in [3.63, 3.8) is 0 Å². The first-order valence-electron chi connectivity index (χ1n) is 7.78. The van der Waals surface area contributed by atoms with Crippen molar-refractivity contribution >= 4 is 16.3 Å². The van der Waals surface area contributed by atoms with Crippen LogP contribution in [0.4, 0.5) is 0 Å². The Bertz CT molecular complexity index is 1010. The van der Waals surface area contributed by atoms with Crippen molar-refractivity contribution in [1.82, 2.24) is 19.8 Å². The number of fused-ring (bicyclic) bond motifs is 1. The molecule has 0 fully saturated rings. The minimum absolute atomic E-state index is 0.621. The molecule has 0 aliphatic carbocycles. The molecule has 0 spiro atoms. The van der Waals surface area contributed by atoms with Gasteiger partial charge in [-0.25, -0.2) is 0 Å². The van der Waals surface area contributed by atoms with Crippen molar-refractivity contribution < 1.29 is 4.74 Å². The van der Waals surface area contributed by atoms with E-state index in [2.05, 4.69) is 23.2 Å². The molecule has 0 radical (unpaired) electrons. The summed E-state index contributed by atoms with van der Waals surface area (Å²) >= 11 is 1.51. The van der Waals surface area contributed by atoms with Crippen molar-refractivity contribution in [3.8, 4) is 27.7 Å². The van der Waals surface area contributed by atoms with Gasteiger partial charge in [-0.15, -0.1) is 10.2 Å². The number of rotatable bonds is 4. The lowest BCUT2D eigenvalue weighted by Crippen LogP contribution is -1.95. The smallest absolute Gasteiger partial charge is 0.235 e. The Balaban J connectivity index is 1.85. The second-order valence-corrected chi connectivity index (χ2v) is 6.33. The van der Waals surface area contributed by atoms with Crippen LogP contribution < -0.4 is 4.74 Å². The van der Waals surface area contributed by atoms with Gasteiger partial charge in [0.05, 0.1) is 12.2 Å². The lowest BCUT2D eigenvalue weighted by atomic mass is 10.1. The Morgan fingerprint density at radius 1 is 1.00 bits per heavy atom. The number of hydrogen-bond donors (Lipinski definition) is 0. The Kier molecular flexibility index (Phi) is 3.74. The molecule has 2 heterocycles. The fraction of sp³-hybridized carbons (Fsp3) is 0.167. The van der Waals surface area contributed by atoms with E-state index >= 15 is 0 Å². The fourth-order valence-electron chi connectivity index (χ4n) is 2.64. The van der Waals surface area contributed by atoms with E-state index in [0.29, 0.717) is 6.61 Å². The third-order valence-corrected chi connectivity index (χ3v) is 4.73. The molecule has 0 aliphatic heterocycles. The predicted molar refractivity (Wildman–Crippen MR) is 95.4 cm³/mol. The molecule has 2 aromatic heterocycles. The summed E-state index contributed by atoms with van der Waals surface area (Å²) in [5.74, 6) is 1.60. The van der Waals surface area contributed by atoms with Gasteiger partial charge >= 0.3 is 0 Å². The van der Waals surface area contributed by atoms with Gasteiger partial charge in [0, 0.05) is 5.56 Å². The Morgan fingerprint density at radius 3 is 2.54 bits per heavy atom. The Hall–Kier alpha value is -2.73. The monoisotopic (exact) mass is 336 g/mol. The highest BCUT2D eigenvalue weighted by Crippen LogP contribution is 2.34. The first-order valence-corrected chi connectivity index (χ1v) is 8.60. The summed E-state index contributed by atoms with van der Waals surface area (Å²) in [6, 6.07) is 16.1. The summed E-state index contributed by atoms with van der Waals surface area (Å²) in [6.07, 6.45) is 0. The normalized spacial score (nSPS) is 11.1. The average Bonchev–Trinajstić information content (AvgIpc) is 3.17. The van der Waals surface area contributed by atoms with Gasteiger partial charge in [-0.05, 0) is 31.5 Å². The summed E-state index contributed by atoms with van der Waals surface area (Å²) < 4.78 is 7.53. The van der Waals surface area contributed by atoms with Crippen LogP contribution in [-0.2, 0) is 0 Å². The van der Waals surface area contributed by atoms with E-state index < -0.39 is 0 Å². The molecule has 4 aromatic rings. The Labute approximate surface area is 143 Å². The second-order valence-electron chi connectivity index (χ2n) is 5.37. The quantitative estimate of drug-likeness (QED) is 0.560. The minimum Gasteiger partial charge on any atom is -0.493 e. The zero-order valence-corrected chi connectivity index (χ0v) is 14.2. The van der Waals surface area contributed by atoms with E-state index in [1.54, 1.807) is 0 Å². The number of nitrogens with zero attached hydrogens (tertiary/aromatic N) is 4. The molecule has 0 saturated heterocycles. The van der Waals surface area contributed by atoms with Crippen LogP contribution in [0.15, 0.2) is 48.5 Å². The van der Waals surface area contributed by atoms with Crippen molar-refractivity contribution in [2.45, 2.75) is 13.8 Å². The van der Waals surface area contributed by atoms with Crippen molar-refractivity contribution in [2.75, 3.05) is 6.61 Å². The number of para-hydroxylation sites is 1. The second kappa shape index (κ2) is 6.05. The molecule has 0 aliphatic rings. The van der Waals surface area contributed by atoms with Crippen LogP contribution in [0.1, 0.15) is 12.5 Å². The van der Waals surface area contributed by atoms with Gasteiger partial charge in [-0.2, -0.15) is 9.61 Å². The van der Waals surface area contributed by atoms with E-state index in [9.17, 15) is 0 Å². The van der Waals surface area contributed by atoms with Crippen LogP contribution in [0.5, 0.6) is 5.75 Å². The molecule has 0 N–H and O–H groups in total. The van der Waals surface area contributed by atoms with Crippen LogP contribution in [0.3, 0.4) is 0 Å². The third-order valence-electron chi connectivity index (χ3n) is 3.79. The maximum atomic E-state index is 5.72. The highest BCUT2D eigenvalue weighted by atomic mass is 32.1. The zero-order chi connectivity index (χ0) is 16.5. The van der Waals surface area contributed by atoms with E-state index in [1.807, 2.05) is 53.9 Å². The molecule has 0 saturated carbocycles. The third kappa shape index (κ3) is 2.45. The minimum atomic E-state index is 0.621. The number of hydrogen-bond acceptors (Lipinski definition) is 5. The van der Waals surface area contributed by atoms with E-state index in [1.165, 1.54) is 11.3 Å². The number of benzene rings is 2. The van der Waals surface area contributed by atoms with Gasteiger partial charge in [0.15, 0.2) is 10.8 Å². The fourth-order valence-corrected chi connectivity index (χ4v) is 3.51. The zero-order valence-electron chi connectivity index (χ0n) is 13.4. The average molecular weight is 336 g/mol.